The zero-order valence-corrected chi connectivity index (χ0v) is 12.6. The number of rotatable bonds is 4. The van der Waals surface area contributed by atoms with Crippen molar-refractivity contribution in [1.82, 2.24) is 0 Å². The van der Waals surface area contributed by atoms with Crippen molar-refractivity contribution in [1.29, 1.82) is 0 Å². The van der Waals surface area contributed by atoms with Gasteiger partial charge in [0.2, 0.25) is 0 Å². The molecular formula is C15H11F2NO4S. The van der Waals surface area contributed by atoms with Crippen LogP contribution in [0, 0.1) is 21.7 Å². The summed E-state index contributed by atoms with van der Waals surface area (Å²) in [5.74, 6) is -0.963. The fraction of sp³-hybridized carbons (Fsp3) is 0.200. The first kappa shape index (κ1) is 15.7. The number of nitro benzene ring substituents is 1. The Balaban J connectivity index is 1.87. The lowest BCUT2D eigenvalue weighted by molar-refractivity contribution is -0.385. The van der Waals surface area contributed by atoms with E-state index in [4.69, 9.17) is 9.47 Å². The molecule has 0 saturated heterocycles. The van der Waals surface area contributed by atoms with Gasteiger partial charge < -0.3 is 9.47 Å². The van der Waals surface area contributed by atoms with Crippen molar-refractivity contribution in [2.24, 2.45) is 0 Å². The summed E-state index contributed by atoms with van der Waals surface area (Å²) >= 11 is 1.24. The number of non-ortho nitro benzene ring substituents is 1. The third-order valence-corrected chi connectivity index (χ3v) is 4.31. The van der Waals surface area contributed by atoms with E-state index in [2.05, 4.69) is 0 Å². The van der Waals surface area contributed by atoms with Crippen LogP contribution in [0.5, 0.6) is 5.75 Å². The van der Waals surface area contributed by atoms with Crippen LogP contribution in [0.2, 0.25) is 0 Å². The number of hydrogen-bond donors (Lipinski definition) is 0. The van der Waals surface area contributed by atoms with Gasteiger partial charge in [0.05, 0.1) is 11.5 Å². The van der Waals surface area contributed by atoms with Crippen molar-refractivity contribution in [3.63, 3.8) is 0 Å². The van der Waals surface area contributed by atoms with Gasteiger partial charge in [-0.1, -0.05) is 0 Å². The van der Waals surface area contributed by atoms with Crippen LogP contribution in [0.25, 0.3) is 0 Å². The maximum atomic E-state index is 13.2. The number of thioether (sulfide) groups is 1. The van der Waals surface area contributed by atoms with Gasteiger partial charge in [-0.2, -0.15) is 0 Å². The van der Waals surface area contributed by atoms with E-state index < -0.39 is 16.6 Å². The molecule has 120 valence electrons. The molecule has 2 aromatic carbocycles. The molecule has 0 atom stereocenters. The second-order valence-electron chi connectivity index (χ2n) is 4.83. The Morgan fingerprint density at radius 3 is 2.78 bits per heavy atom. The van der Waals surface area contributed by atoms with Gasteiger partial charge in [-0.25, -0.2) is 8.78 Å². The zero-order valence-electron chi connectivity index (χ0n) is 11.8. The smallest absolute Gasteiger partial charge is 0.270 e. The van der Waals surface area contributed by atoms with Crippen LogP contribution in [0.4, 0.5) is 14.5 Å². The monoisotopic (exact) mass is 339 g/mol. The van der Waals surface area contributed by atoms with E-state index in [9.17, 15) is 18.9 Å². The van der Waals surface area contributed by atoms with Gasteiger partial charge in [0.1, 0.15) is 5.75 Å². The van der Waals surface area contributed by atoms with E-state index in [1.54, 1.807) is 0 Å². The number of nitro groups is 1. The minimum absolute atomic E-state index is 0.0567. The van der Waals surface area contributed by atoms with E-state index in [-0.39, 0.29) is 19.1 Å². The predicted molar refractivity (Wildman–Crippen MR) is 79.3 cm³/mol. The normalized spacial score (nSPS) is 13.3. The highest BCUT2D eigenvalue weighted by Crippen LogP contribution is 2.36. The number of hydrogen-bond acceptors (Lipinski definition) is 5. The molecule has 1 aliphatic heterocycles. The summed E-state index contributed by atoms with van der Waals surface area (Å²) in [6.07, 6.45) is 0. The quantitative estimate of drug-likeness (QED) is 0.478. The van der Waals surface area contributed by atoms with Crippen LogP contribution in [0.1, 0.15) is 11.1 Å². The van der Waals surface area contributed by atoms with Gasteiger partial charge in [0, 0.05) is 33.9 Å². The van der Waals surface area contributed by atoms with Crippen LogP contribution >= 0.6 is 11.8 Å². The number of nitrogens with zero attached hydrogens (tertiary/aromatic N) is 1. The minimum atomic E-state index is -0.930. The molecule has 3 rings (SSSR count). The fourth-order valence-corrected chi connectivity index (χ4v) is 3.11. The Hall–Kier alpha value is -2.19. The van der Waals surface area contributed by atoms with Crippen LogP contribution < -0.4 is 4.74 Å². The number of benzene rings is 2. The second kappa shape index (κ2) is 6.51. The van der Waals surface area contributed by atoms with Gasteiger partial charge in [0.15, 0.2) is 18.4 Å². The van der Waals surface area contributed by atoms with Crippen molar-refractivity contribution in [3.8, 4) is 5.75 Å². The summed E-state index contributed by atoms with van der Waals surface area (Å²) in [6, 6.07) is 6.44. The molecule has 0 radical (unpaired) electrons. The molecule has 0 unspecified atom stereocenters. The third kappa shape index (κ3) is 3.43. The average Bonchev–Trinajstić information content (AvgIpc) is 2.55. The standard InChI is InChI=1S/C15H11F2NO4S/c16-13-2-1-12(5-14(13)17)23-7-10-4-11(18(19)20)3-9-6-21-8-22-15(9)10/h1-5H,6-8H2. The summed E-state index contributed by atoms with van der Waals surface area (Å²) < 4.78 is 36.7. The summed E-state index contributed by atoms with van der Waals surface area (Å²) in [6.45, 7) is 0.313. The number of halogens is 2. The fourth-order valence-electron chi connectivity index (χ4n) is 2.22. The maximum absolute atomic E-state index is 13.2. The Morgan fingerprint density at radius 1 is 1.22 bits per heavy atom. The Morgan fingerprint density at radius 2 is 2.04 bits per heavy atom. The first-order chi connectivity index (χ1) is 11.0. The molecular weight excluding hydrogens is 328 g/mol. The highest BCUT2D eigenvalue weighted by molar-refractivity contribution is 7.98. The van der Waals surface area contributed by atoms with Crippen molar-refractivity contribution in [2.45, 2.75) is 17.3 Å². The average molecular weight is 339 g/mol. The van der Waals surface area contributed by atoms with Gasteiger partial charge >= 0.3 is 0 Å². The summed E-state index contributed by atoms with van der Waals surface area (Å²) in [5.41, 5.74) is 1.16. The molecule has 0 spiro atoms. The molecule has 0 bridgehead atoms. The van der Waals surface area contributed by atoms with Crippen LogP contribution in [-0.2, 0) is 17.1 Å². The molecule has 1 aliphatic rings. The summed E-state index contributed by atoms with van der Waals surface area (Å²) in [4.78, 5) is 11.1. The lowest BCUT2D eigenvalue weighted by Gasteiger charge is -2.20. The van der Waals surface area contributed by atoms with Crippen molar-refractivity contribution >= 4 is 17.4 Å². The van der Waals surface area contributed by atoms with Gasteiger partial charge in [-0.15, -0.1) is 11.8 Å². The topological polar surface area (TPSA) is 61.6 Å². The Kier molecular flexibility index (Phi) is 4.44. The van der Waals surface area contributed by atoms with Gasteiger partial charge in [0.25, 0.3) is 5.69 Å². The molecule has 0 aliphatic carbocycles. The molecule has 5 nitrogen and oxygen atoms in total. The van der Waals surface area contributed by atoms with Crippen LogP contribution in [-0.4, -0.2) is 11.7 Å². The molecule has 0 aromatic heterocycles. The highest BCUT2D eigenvalue weighted by atomic mass is 32.2. The largest absolute Gasteiger partial charge is 0.467 e. The molecule has 8 heteroatoms. The Labute approximate surface area is 134 Å². The van der Waals surface area contributed by atoms with E-state index in [1.807, 2.05) is 0 Å². The van der Waals surface area contributed by atoms with E-state index in [1.165, 1.54) is 30.0 Å². The third-order valence-electron chi connectivity index (χ3n) is 3.27. The first-order valence-corrected chi connectivity index (χ1v) is 7.62. The summed E-state index contributed by atoms with van der Waals surface area (Å²) in [7, 11) is 0. The molecule has 0 N–H and O–H groups in total. The lowest BCUT2D eigenvalue weighted by atomic mass is 10.1. The highest BCUT2D eigenvalue weighted by Gasteiger charge is 2.21. The van der Waals surface area contributed by atoms with Crippen molar-refractivity contribution in [3.05, 3.63) is 63.2 Å². The second-order valence-corrected chi connectivity index (χ2v) is 5.87. The molecule has 0 saturated carbocycles. The lowest BCUT2D eigenvalue weighted by Crippen LogP contribution is -2.13. The molecule has 1 heterocycles. The van der Waals surface area contributed by atoms with Gasteiger partial charge in [-0.05, 0) is 18.2 Å². The SMILES string of the molecule is O=[N+]([O-])c1cc2c(c(CSc3ccc(F)c(F)c3)c1)OCOC2. The molecule has 2 aromatic rings. The van der Waals surface area contributed by atoms with E-state index in [0.717, 1.165) is 12.1 Å². The number of fused-ring (bicyclic) bond motifs is 1. The maximum Gasteiger partial charge on any atom is 0.270 e. The van der Waals surface area contributed by atoms with Gasteiger partial charge in [-0.3, -0.25) is 10.1 Å². The first-order valence-electron chi connectivity index (χ1n) is 6.63. The summed E-state index contributed by atoms with van der Waals surface area (Å²) in [5, 5.41) is 11.0. The predicted octanol–water partition coefficient (Wildman–Crippen LogP) is 4.03. The Bertz CT molecular complexity index is 769. The van der Waals surface area contributed by atoms with E-state index in [0.29, 0.717) is 27.5 Å². The molecule has 23 heavy (non-hydrogen) atoms. The molecule has 0 fully saturated rings. The van der Waals surface area contributed by atoms with Crippen molar-refractivity contribution < 1.29 is 23.2 Å². The van der Waals surface area contributed by atoms with E-state index >= 15 is 0 Å². The van der Waals surface area contributed by atoms with Crippen molar-refractivity contribution in [2.75, 3.05) is 6.79 Å². The molecule has 0 amide bonds. The van der Waals surface area contributed by atoms with Crippen LogP contribution in [0.3, 0.4) is 0 Å². The minimum Gasteiger partial charge on any atom is -0.467 e. The zero-order chi connectivity index (χ0) is 16.4. The van der Waals surface area contributed by atoms with Crippen LogP contribution in [0.15, 0.2) is 35.2 Å². The number of ether oxygens (including phenoxy) is 2.